The molecule has 0 aliphatic rings. The van der Waals surface area contributed by atoms with Gasteiger partial charge in [-0.2, -0.15) is 0 Å². The number of carbonyl (C=O) groups is 2. The first-order valence-electron chi connectivity index (χ1n) is 6.50. The molecule has 0 heterocycles. The van der Waals surface area contributed by atoms with Crippen molar-refractivity contribution in [1.29, 1.82) is 0 Å². The predicted octanol–water partition coefficient (Wildman–Crippen LogP) is 2.18. The Morgan fingerprint density at radius 1 is 0.850 bits per heavy atom. The van der Waals surface area contributed by atoms with Crippen molar-refractivity contribution in [2.75, 3.05) is 0 Å². The Bertz CT molecular complexity index is 576. The van der Waals surface area contributed by atoms with Gasteiger partial charge in [-0.25, -0.2) is 0 Å². The molecule has 3 heteroatoms. The zero-order valence-corrected chi connectivity index (χ0v) is 11.0. The van der Waals surface area contributed by atoms with Gasteiger partial charge in [0.25, 0.3) is 0 Å². The summed E-state index contributed by atoms with van der Waals surface area (Å²) in [7, 11) is 0. The van der Waals surface area contributed by atoms with Crippen molar-refractivity contribution in [2.24, 2.45) is 0 Å². The van der Waals surface area contributed by atoms with E-state index in [-0.39, 0.29) is 24.5 Å². The molecule has 0 spiro atoms. The van der Waals surface area contributed by atoms with Crippen molar-refractivity contribution in [3.05, 3.63) is 71.8 Å². The second-order valence-electron chi connectivity index (χ2n) is 4.68. The lowest BCUT2D eigenvalue weighted by atomic mass is 9.89. The van der Waals surface area contributed by atoms with Crippen LogP contribution in [0.25, 0.3) is 0 Å². The van der Waals surface area contributed by atoms with Crippen LogP contribution in [0, 0.1) is 0 Å². The third kappa shape index (κ3) is 3.79. The summed E-state index contributed by atoms with van der Waals surface area (Å²) in [4.78, 5) is 23.1. The van der Waals surface area contributed by atoms with Crippen molar-refractivity contribution in [3.8, 4) is 0 Å². The van der Waals surface area contributed by atoms with Crippen LogP contribution < -0.4 is 5.11 Å². The van der Waals surface area contributed by atoms with Gasteiger partial charge in [-0.05, 0) is 17.9 Å². The number of hydrogen-bond donors (Lipinski definition) is 0. The highest BCUT2D eigenvalue weighted by Crippen LogP contribution is 2.24. The van der Waals surface area contributed by atoms with Crippen LogP contribution in [-0.4, -0.2) is 11.8 Å². The SMILES string of the molecule is O=C([O-])CC(CC(=O)c1ccccc1)c1ccccc1. The van der Waals surface area contributed by atoms with E-state index in [0.29, 0.717) is 5.56 Å². The molecular weight excluding hydrogens is 252 g/mol. The van der Waals surface area contributed by atoms with E-state index in [1.165, 1.54) is 0 Å². The average molecular weight is 267 g/mol. The zero-order chi connectivity index (χ0) is 14.4. The minimum absolute atomic E-state index is 0.0549. The van der Waals surface area contributed by atoms with Crippen molar-refractivity contribution in [3.63, 3.8) is 0 Å². The quantitative estimate of drug-likeness (QED) is 0.754. The van der Waals surface area contributed by atoms with E-state index in [1.807, 2.05) is 36.4 Å². The van der Waals surface area contributed by atoms with Crippen LogP contribution in [0.1, 0.15) is 34.7 Å². The summed E-state index contributed by atoms with van der Waals surface area (Å²) in [6, 6.07) is 18.1. The maximum atomic E-state index is 12.2. The van der Waals surface area contributed by atoms with Gasteiger partial charge >= 0.3 is 0 Å². The van der Waals surface area contributed by atoms with Crippen molar-refractivity contribution < 1.29 is 14.7 Å². The summed E-state index contributed by atoms with van der Waals surface area (Å²) in [5, 5.41) is 10.9. The fourth-order valence-electron chi connectivity index (χ4n) is 2.20. The van der Waals surface area contributed by atoms with Crippen LogP contribution in [0.4, 0.5) is 0 Å². The Kier molecular flexibility index (Phi) is 4.66. The Balaban J connectivity index is 2.16. The number of hydrogen-bond acceptors (Lipinski definition) is 3. The van der Waals surface area contributed by atoms with Gasteiger partial charge in [-0.3, -0.25) is 4.79 Å². The molecule has 0 saturated heterocycles. The molecule has 3 nitrogen and oxygen atoms in total. The standard InChI is InChI=1S/C17H16O3/c18-16(14-9-5-2-6-10-14)11-15(12-17(19)20)13-7-3-1-4-8-13/h1-10,15H,11-12H2,(H,19,20)/p-1. The largest absolute Gasteiger partial charge is 0.550 e. The fourth-order valence-corrected chi connectivity index (χ4v) is 2.20. The Morgan fingerprint density at radius 2 is 1.40 bits per heavy atom. The van der Waals surface area contributed by atoms with Gasteiger partial charge in [0.1, 0.15) is 0 Å². The molecule has 2 aromatic carbocycles. The second-order valence-corrected chi connectivity index (χ2v) is 4.68. The maximum Gasteiger partial charge on any atom is 0.163 e. The number of rotatable bonds is 6. The van der Waals surface area contributed by atoms with Crippen LogP contribution in [0.5, 0.6) is 0 Å². The molecule has 0 amide bonds. The summed E-state index contributed by atoms with van der Waals surface area (Å²) in [6.07, 6.45) is 0.0184. The molecule has 2 rings (SSSR count). The number of benzene rings is 2. The molecule has 1 unspecified atom stereocenters. The summed E-state index contributed by atoms with van der Waals surface area (Å²) in [5.74, 6) is -1.55. The predicted molar refractivity (Wildman–Crippen MR) is 74.2 cm³/mol. The van der Waals surface area contributed by atoms with E-state index in [9.17, 15) is 14.7 Å². The molecule has 0 N–H and O–H groups in total. The van der Waals surface area contributed by atoms with Gasteiger partial charge in [0.15, 0.2) is 5.78 Å². The van der Waals surface area contributed by atoms with E-state index >= 15 is 0 Å². The molecule has 20 heavy (non-hydrogen) atoms. The van der Waals surface area contributed by atoms with E-state index in [2.05, 4.69) is 0 Å². The van der Waals surface area contributed by atoms with Crippen LogP contribution >= 0.6 is 0 Å². The lowest BCUT2D eigenvalue weighted by Gasteiger charge is -2.17. The molecule has 0 aromatic heterocycles. The molecule has 102 valence electrons. The number of ketones is 1. The van der Waals surface area contributed by atoms with E-state index in [4.69, 9.17) is 0 Å². The number of Topliss-reactive ketones (excluding diaryl/α,β-unsaturated/α-hetero) is 1. The van der Waals surface area contributed by atoms with Crippen LogP contribution in [-0.2, 0) is 4.79 Å². The smallest absolute Gasteiger partial charge is 0.163 e. The van der Waals surface area contributed by atoms with Gasteiger partial charge in [-0.15, -0.1) is 0 Å². The molecule has 0 fully saturated rings. The molecular formula is C17H15O3-. The van der Waals surface area contributed by atoms with Gasteiger partial charge in [-0.1, -0.05) is 60.7 Å². The van der Waals surface area contributed by atoms with Crippen LogP contribution in [0.15, 0.2) is 60.7 Å². The summed E-state index contributed by atoms with van der Waals surface area (Å²) in [6.45, 7) is 0. The first kappa shape index (κ1) is 14.0. The first-order valence-corrected chi connectivity index (χ1v) is 6.50. The van der Waals surface area contributed by atoms with Gasteiger partial charge in [0, 0.05) is 18.0 Å². The van der Waals surface area contributed by atoms with E-state index < -0.39 is 5.97 Å². The normalized spacial score (nSPS) is 11.8. The third-order valence-corrected chi connectivity index (χ3v) is 3.21. The minimum Gasteiger partial charge on any atom is -0.550 e. The number of carbonyl (C=O) groups excluding carboxylic acids is 2. The molecule has 0 saturated carbocycles. The number of carboxylic acids is 1. The minimum atomic E-state index is -1.14. The Hall–Kier alpha value is -2.42. The number of aliphatic carboxylic acids is 1. The third-order valence-electron chi connectivity index (χ3n) is 3.21. The molecule has 0 aliphatic carbocycles. The fraction of sp³-hybridized carbons (Fsp3) is 0.176. The van der Waals surface area contributed by atoms with Crippen LogP contribution in [0.3, 0.4) is 0 Å². The van der Waals surface area contributed by atoms with E-state index in [0.717, 1.165) is 5.56 Å². The number of carboxylic acid groups (broad SMARTS) is 1. The summed E-state index contributed by atoms with van der Waals surface area (Å²) >= 11 is 0. The van der Waals surface area contributed by atoms with Crippen LogP contribution in [0.2, 0.25) is 0 Å². The molecule has 2 aromatic rings. The lowest BCUT2D eigenvalue weighted by Crippen LogP contribution is -2.25. The van der Waals surface area contributed by atoms with E-state index in [1.54, 1.807) is 24.3 Å². The molecule has 0 aliphatic heterocycles. The summed E-state index contributed by atoms with van der Waals surface area (Å²) < 4.78 is 0. The van der Waals surface area contributed by atoms with Gasteiger partial charge in [0.05, 0.1) is 0 Å². The second kappa shape index (κ2) is 6.66. The Morgan fingerprint density at radius 3 is 1.95 bits per heavy atom. The molecule has 0 bridgehead atoms. The van der Waals surface area contributed by atoms with Crippen molar-refractivity contribution in [1.82, 2.24) is 0 Å². The highest BCUT2D eigenvalue weighted by molar-refractivity contribution is 5.96. The molecule has 1 atom stereocenters. The van der Waals surface area contributed by atoms with Crippen molar-refractivity contribution in [2.45, 2.75) is 18.8 Å². The molecule has 0 radical (unpaired) electrons. The lowest BCUT2D eigenvalue weighted by molar-refractivity contribution is -0.306. The zero-order valence-electron chi connectivity index (χ0n) is 11.0. The maximum absolute atomic E-state index is 12.2. The monoisotopic (exact) mass is 267 g/mol. The first-order chi connectivity index (χ1) is 9.66. The summed E-state index contributed by atoms with van der Waals surface area (Å²) in [5.41, 5.74) is 1.45. The topological polar surface area (TPSA) is 57.2 Å². The highest BCUT2D eigenvalue weighted by atomic mass is 16.4. The van der Waals surface area contributed by atoms with Gasteiger partial charge < -0.3 is 9.90 Å². The average Bonchev–Trinajstić information content (AvgIpc) is 2.48. The van der Waals surface area contributed by atoms with Crippen molar-refractivity contribution >= 4 is 11.8 Å². The Labute approximate surface area is 117 Å². The highest BCUT2D eigenvalue weighted by Gasteiger charge is 2.17. The van der Waals surface area contributed by atoms with Gasteiger partial charge in [0.2, 0.25) is 0 Å².